The minimum absolute atomic E-state index is 0. The van der Waals surface area contributed by atoms with Crippen molar-refractivity contribution in [3.05, 3.63) is 60.2 Å². The van der Waals surface area contributed by atoms with Gasteiger partial charge in [-0.1, -0.05) is 113 Å². The third kappa shape index (κ3) is 10.4. The van der Waals surface area contributed by atoms with Crippen LogP contribution in [0.4, 0.5) is 0 Å². The monoisotopic (exact) mass is 356 g/mol. The molecule has 0 aliphatic rings. The van der Waals surface area contributed by atoms with Crippen molar-refractivity contribution in [2.24, 2.45) is 0 Å². The van der Waals surface area contributed by atoms with Crippen LogP contribution < -0.4 is 59.1 Å². The molecule has 0 spiro atoms. The fraction of sp³-hybridized carbons (Fsp3) is 0.478. The maximum atomic E-state index is 2.30. The Kier molecular flexibility index (Phi) is 16.9. The molecule has 0 aliphatic carbocycles. The van der Waals surface area contributed by atoms with Gasteiger partial charge in [0.2, 0.25) is 0 Å². The summed E-state index contributed by atoms with van der Waals surface area (Å²) in [5.41, 5.74) is 4.26. The van der Waals surface area contributed by atoms with E-state index in [1.165, 1.54) is 80.9 Å². The summed E-state index contributed by atoms with van der Waals surface area (Å²) >= 11 is 0. The smallest absolute Gasteiger partial charge is 1.00 e. The molecule has 2 rings (SSSR count). The molecule has 0 unspecified atom stereocenters. The maximum Gasteiger partial charge on any atom is 1.00 e. The second-order valence-electron chi connectivity index (χ2n) is 6.60. The molecule has 2 aromatic carbocycles. The van der Waals surface area contributed by atoms with E-state index in [1.807, 2.05) is 0 Å². The number of benzene rings is 2. The Labute approximate surface area is 202 Å². The summed E-state index contributed by atoms with van der Waals surface area (Å²) in [5, 5.41) is 0. The van der Waals surface area contributed by atoms with Crippen molar-refractivity contribution >= 4 is 0 Å². The summed E-state index contributed by atoms with van der Waals surface area (Å²) in [4.78, 5) is 0. The zero-order valence-corrected chi connectivity index (χ0v) is 20.8. The van der Waals surface area contributed by atoms with E-state index in [-0.39, 0.29) is 62.0 Å². The Morgan fingerprint density at radius 2 is 1.12 bits per heavy atom. The van der Waals surface area contributed by atoms with Gasteiger partial charge in [0, 0.05) is 0 Å². The van der Waals surface area contributed by atoms with Gasteiger partial charge >= 0.3 is 59.1 Å². The van der Waals surface area contributed by atoms with Gasteiger partial charge in [-0.05, 0) is 29.5 Å². The number of rotatable bonds is 11. The van der Waals surface area contributed by atoms with E-state index in [4.69, 9.17) is 0 Å². The third-order valence-electron chi connectivity index (χ3n) is 4.65. The first-order valence-corrected chi connectivity index (χ1v) is 9.55. The summed E-state index contributed by atoms with van der Waals surface area (Å²) in [6, 6.07) is 19.7. The van der Waals surface area contributed by atoms with Crippen molar-refractivity contribution in [2.75, 3.05) is 0 Å². The van der Waals surface area contributed by atoms with Crippen molar-refractivity contribution in [3.63, 3.8) is 0 Å². The Hall–Kier alpha value is 0.440. The molecule has 0 atom stereocenters. The summed E-state index contributed by atoms with van der Waals surface area (Å²) in [6.07, 6.45) is 13.8. The van der Waals surface area contributed by atoms with Gasteiger partial charge in [-0.25, -0.2) is 0 Å². The normalized spacial score (nSPS) is 9.96. The van der Waals surface area contributed by atoms with Gasteiger partial charge in [-0.2, -0.15) is 0 Å². The average Bonchev–Trinajstić information content (AvgIpc) is 2.61. The van der Waals surface area contributed by atoms with Crippen LogP contribution in [0.2, 0.25) is 0 Å². The van der Waals surface area contributed by atoms with Crippen molar-refractivity contribution in [3.8, 4) is 11.1 Å². The molecule has 0 saturated carbocycles. The number of hydrogen-bond donors (Lipinski definition) is 0. The first-order valence-electron chi connectivity index (χ1n) is 9.55. The van der Waals surface area contributed by atoms with Crippen LogP contribution in [0.5, 0.6) is 0 Å². The fourth-order valence-electron chi connectivity index (χ4n) is 3.26. The van der Waals surface area contributed by atoms with Gasteiger partial charge in [-0.3, -0.25) is 0 Å². The Bertz CT molecular complexity index is 547. The minimum atomic E-state index is 0. The molecule has 0 radical (unpaired) electrons. The molecule has 0 fully saturated rings. The predicted molar refractivity (Wildman–Crippen MR) is 105 cm³/mol. The molecule has 0 amide bonds. The zero-order valence-electron chi connectivity index (χ0n) is 18.8. The largest absolute Gasteiger partial charge is 1.00 e. The van der Waals surface area contributed by atoms with E-state index in [0.29, 0.717) is 0 Å². The summed E-state index contributed by atoms with van der Waals surface area (Å²) in [5.74, 6) is 0. The van der Waals surface area contributed by atoms with Crippen LogP contribution in [-0.4, -0.2) is 0 Å². The van der Waals surface area contributed by atoms with Gasteiger partial charge in [0.25, 0.3) is 0 Å². The first kappa shape index (κ1) is 25.4. The standard InChI is InChI=1S/C23H32.2Na.2H/c1-2-3-4-5-6-7-8-9-11-16-22-19-14-15-20-23(22)21-17-12-10-13-18-21;;;;/h10,12-15,17-20H,2-9,11,16H2,1H3;;;;/q;2*+1;2*-1. The minimum Gasteiger partial charge on any atom is -1.00 e. The van der Waals surface area contributed by atoms with Gasteiger partial charge < -0.3 is 2.85 Å². The van der Waals surface area contributed by atoms with Gasteiger partial charge in [-0.15, -0.1) is 0 Å². The molecule has 0 nitrogen and oxygen atoms in total. The van der Waals surface area contributed by atoms with E-state index >= 15 is 0 Å². The fourth-order valence-corrected chi connectivity index (χ4v) is 3.26. The summed E-state index contributed by atoms with van der Waals surface area (Å²) in [6.45, 7) is 2.29. The summed E-state index contributed by atoms with van der Waals surface area (Å²) < 4.78 is 0. The van der Waals surface area contributed by atoms with Gasteiger partial charge in [0.15, 0.2) is 0 Å². The van der Waals surface area contributed by atoms with Crippen molar-refractivity contribution < 1.29 is 62.0 Å². The van der Waals surface area contributed by atoms with Gasteiger partial charge in [0.05, 0.1) is 0 Å². The molecule has 0 N–H and O–H groups in total. The topological polar surface area (TPSA) is 0 Å². The third-order valence-corrected chi connectivity index (χ3v) is 4.65. The van der Waals surface area contributed by atoms with Crippen LogP contribution >= 0.6 is 0 Å². The van der Waals surface area contributed by atoms with E-state index in [1.54, 1.807) is 0 Å². The molecule has 128 valence electrons. The van der Waals surface area contributed by atoms with Crippen molar-refractivity contribution in [1.82, 2.24) is 0 Å². The zero-order chi connectivity index (χ0) is 16.2. The SMILES string of the molecule is CCCCCCCCCCCc1ccccc1-c1ccccc1.[H-].[H-].[Na+].[Na+]. The van der Waals surface area contributed by atoms with E-state index in [2.05, 4.69) is 61.5 Å². The van der Waals surface area contributed by atoms with Crippen LogP contribution in [0.25, 0.3) is 11.1 Å². The van der Waals surface area contributed by atoms with E-state index in [9.17, 15) is 0 Å². The Balaban J connectivity index is -0.00000144. The average molecular weight is 357 g/mol. The molecular weight excluding hydrogens is 322 g/mol. The Morgan fingerprint density at radius 1 is 0.600 bits per heavy atom. The molecule has 2 heteroatoms. The first-order chi connectivity index (χ1) is 11.4. The molecule has 0 heterocycles. The number of hydrogen-bond acceptors (Lipinski definition) is 0. The van der Waals surface area contributed by atoms with E-state index < -0.39 is 0 Å². The maximum absolute atomic E-state index is 2.30. The van der Waals surface area contributed by atoms with Crippen LogP contribution in [0.1, 0.15) is 73.1 Å². The molecule has 0 aliphatic heterocycles. The summed E-state index contributed by atoms with van der Waals surface area (Å²) in [7, 11) is 0. The van der Waals surface area contributed by atoms with Crippen LogP contribution in [0.15, 0.2) is 54.6 Å². The van der Waals surface area contributed by atoms with Crippen LogP contribution in [0.3, 0.4) is 0 Å². The van der Waals surface area contributed by atoms with Crippen LogP contribution in [-0.2, 0) is 6.42 Å². The molecular formula is C23H34Na2. The van der Waals surface area contributed by atoms with Crippen molar-refractivity contribution in [1.29, 1.82) is 0 Å². The van der Waals surface area contributed by atoms with Gasteiger partial charge in [0.1, 0.15) is 0 Å². The molecule has 25 heavy (non-hydrogen) atoms. The molecule has 0 aromatic heterocycles. The molecule has 0 bridgehead atoms. The van der Waals surface area contributed by atoms with Crippen LogP contribution in [0, 0.1) is 0 Å². The van der Waals surface area contributed by atoms with Crippen molar-refractivity contribution in [2.45, 2.75) is 71.1 Å². The number of aryl methyl sites for hydroxylation is 1. The molecule has 2 aromatic rings. The predicted octanol–water partition coefficient (Wildman–Crippen LogP) is 1.66. The number of unbranched alkanes of at least 4 members (excludes halogenated alkanes) is 8. The second-order valence-corrected chi connectivity index (χ2v) is 6.60. The molecule has 0 saturated heterocycles. The second kappa shape index (κ2) is 16.6. The quantitative estimate of drug-likeness (QED) is 0.424. The van der Waals surface area contributed by atoms with E-state index in [0.717, 1.165) is 0 Å². The Morgan fingerprint density at radius 3 is 1.76 bits per heavy atom.